The van der Waals surface area contributed by atoms with Crippen molar-refractivity contribution in [2.75, 3.05) is 30.7 Å². The number of anilines is 1. The number of carbonyl (C=O) groups is 1. The van der Waals surface area contributed by atoms with Gasteiger partial charge in [0.2, 0.25) is 5.91 Å². The number of rotatable bonds is 10. The summed E-state index contributed by atoms with van der Waals surface area (Å²) in [6, 6.07) is 9.40. The Morgan fingerprint density at radius 3 is 2.69 bits per heavy atom. The Kier molecular flexibility index (Phi) is 7.89. The van der Waals surface area contributed by atoms with Crippen LogP contribution in [0.4, 0.5) is 5.69 Å². The van der Waals surface area contributed by atoms with Crippen LogP contribution in [0.5, 0.6) is 0 Å². The number of aromatic nitrogens is 2. The Bertz CT molecular complexity index is 878. The van der Waals surface area contributed by atoms with Crippen molar-refractivity contribution in [2.45, 2.75) is 51.1 Å². The van der Waals surface area contributed by atoms with E-state index in [2.05, 4.69) is 29.0 Å². The van der Waals surface area contributed by atoms with Crippen LogP contribution < -0.4 is 11.0 Å². The average molecular weight is 415 g/mol. The molecule has 1 aromatic carbocycles. The normalized spacial score (nSPS) is 12.9. The van der Waals surface area contributed by atoms with E-state index in [1.54, 1.807) is 0 Å². The van der Waals surface area contributed by atoms with E-state index in [9.17, 15) is 9.59 Å². The van der Waals surface area contributed by atoms with Crippen LogP contribution in [0.15, 0.2) is 40.2 Å². The summed E-state index contributed by atoms with van der Waals surface area (Å²) in [5, 5.41) is 3.61. The summed E-state index contributed by atoms with van der Waals surface area (Å²) >= 11 is 1.37. The molecule has 1 aliphatic carbocycles. The van der Waals surface area contributed by atoms with E-state index in [-0.39, 0.29) is 17.3 Å². The van der Waals surface area contributed by atoms with Crippen molar-refractivity contribution in [1.29, 1.82) is 0 Å². The molecule has 0 fully saturated rings. The van der Waals surface area contributed by atoms with Gasteiger partial charge in [-0.1, -0.05) is 43.8 Å². The maximum atomic E-state index is 12.7. The molecule has 0 aliphatic heterocycles. The second-order valence-electron chi connectivity index (χ2n) is 7.21. The lowest BCUT2D eigenvalue weighted by atomic mass is 10.2. The Labute approximate surface area is 176 Å². The van der Waals surface area contributed by atoms with Gasteiger partial charge in [-0.25, -0.2) is 4.79 Å². The molecule has 1 heterocycles. The molecule has 0 atom stereocenters. The second kappa shape index (κ2) is 10.6. The van der Waals surface area contributed by atoms with Gasteiger partial charge in [0.1, 0.15) is 5.03 Å². The van der Waals surface area contributed by atoms with Crippen molar-refractivity contribution >= 4 is 23.4 Å². The van der Waals surface area contributed by atoms with Crippen LogP contribution in [0.3, 0.4) is 0 Å². The lowest BCUT2D eigenvalue weighted by Gasteiger charge is -2.19. The van der Waals surface area contributed by atoms with Gasteiger partial charge in [-0.05, 0) is 57.5 Å². The zero-order valence-electron chi connectivity index (χ0n) is 17.3. The van der Waals surface area contributed by atoms with Crippen LogP contribution in [0.25, 0.3) is 0 Å². The summed E-state index contributed by atoms with van der Waals surface area (Å²) in [6.07, 6.45) is 3.84. The van der Waals surface area contributed by atoms with E-state index in [0.29, 0.717) is 6.54 Å². The van der Waals surface area contributed by atoms with Gasteiger partial charge in [-0.15, -0.1) is 0 Å². The van der Waals surface area contributed by atoms with Crippen LogP contribution in [-0.2, 0) is 24.2 Å². The molecular formula is C22H30N4O2S. The summed E-state index contributed by atoms with van der Waals surface area (Å²) in [6.45, 7) is 8.09. The Balaban J connectivity index is 1.65. The van der Waals surface area contributed by atoms with Crippen molar-refractivity contribution in [3.05, 3.63) is 52.1 Å². The standard InChI is InChI=1S/C22H30N4O2S/c1-3-25(4-2)14-9-15-26-19-13-8-12-18(19)21(24-22(26)28)29-16-20(27)23-17-10-6-5-7-11-17/h5-7,10-11H,3-4,8-9,12-16H2,1-2H3,(H,23,27). The molecule has 0 saturated heterocycles. The molecule has 0 spiro atoms. The Hall–Kier alpha value is -2.12. The quantitative estimate of drug-likeness (QED) is 0.478. The van der Waals surface area contributed by atoms with E-state index in [0.717, 1.165) is 67.3 Å². The number of hydrogen-bond acceptors (Lipinski definition) is 5. The van der Waals surface area contributed by atoms with E-state index in [1.807, 2.05) is 34.9 Å². The van der Waals surface area contributed by atoms with Crippen LogP contribution in [-0.4, -0.2) is 45.7 Å². The second-order valence-corrected chi connectivity index (χ2v) is 8.18. The van der Waals surface area contributed by atoms with Crippen molar-refractivity contribution in [2.24, 2.45) is 0 Å². The number of amides is 1. The number of nitrogens with one attached hydrogen (secondary N) is 1. The number of para-hydroxylation sites is 1. The van der Waals surface area contributed by atoms with E-state index >= 15 is 0 Å². The average Bonchev–Trinajstić information content (AvgIpc) is 3.22. The first-order valence-corrected chi connectivity index (χ1v) is 11.4. The van der Waals surface area contributed by atoms with Gasteiger partial charge < -0.3 is 10.2 Å². The minimum atomic E-state index is -0.184. The summed E-state index contributed by atoms with van der Waals surface area (Å²) in [5.41, 5.74) is 2.87. The number of nitrogens with zero attached hydrogens (tertiary/aromatic N) is 3. The minimum absolute atomic E-state index is 0.0850. The maximum Gasteiger partial charge on any atom is 0.348 e. The SMILES string of the molecule is CCN(CC)CCCn1c2c(c(SCC(=O)Nc3ccccc3)nc1=O)CCC2. The molecule has 2 aromatic rings. The Morgan fingerprint density at radius 2 is 1.97 bits per heavy atom. The van der Waals surface area contributed by atoms with Crippen molar-refractivity contribution in [3.8, 4) is 0 Å². The molecule has 29 heavy (non-hydrogen) atoms. The molecule has 7 heteroatoms. The molecule has 0 bridgehead atoms. The number of thioether (sulfide) groups is 1. The van der Waals surface area contributed by atoms with Gasteiger partial charge in [0, 0.05) is 23.5 Å². The van der Waals surface area contributed by atoms with Crippen LogP contribution in [0.1, 0.15) is 37.9 Å². The molecule has 1 aliphatic rings. The predicted octanol–water partition coefficient (Wildman–Crippen LogP) is 3.19. The van der Waals surface area contributed by atoms with Crippen molar-refractivity contribution < 1.29 is 4.79 Å². The van der Waals surface area contributed by atoms with Crippen LogP contribution in [0, 0.1) is 0 Å². The first-order chi connectivity index (χ1) is 14.1. The van der Waals surface area contributed by atoms with Gasteiger partial charge in [0.05, 0.1) is 5.75 Å². The lowest BCUT2D eigenvalue weighted by Crippen LogP contribution is -2.30. The fourth-order valence-corrected chi connectivity index (χ4v) is 4.66. The van der Waals surface area contributed by atoms with Gasteiger partial charge in [-0.3, -0.25) is 9.36 Å². The number of hydrogen-bond donors (Lipinski definition) is 1. The summed E-state index contributed by atoms with van der Waals surface area (Å²) in [4.78, 5) is 31.6. The third kappa shape index (κ3) is 5.70. The largest absolute Gasteiger partial charge is 0.348 e. The fraction of sp³-hybridized carbons (Fsp3) is 0.500. The lowest BCUT2D eigenvalue weighted by molar-refractivity contribution is -0.113. The third-order valence-corrected chi connectivity index (χ3v) is 6.37. The molecule has 0 saturated carbocycles. The number of benzene rings is 1. The topological polar surface area (TPSA) is 67.2 Å². The van der Waals surface area contributed by atoms with E-state index < -0.39 is 0 Å². The summed E-state index contributed by atoms with van der Waals surface area (Å²) in [7, 11) is 0. The fourth-order valence-electron chi connectivity index (χ4n) is 3.78. The van der Waals surface area contributed by atoms with Gasteiger partial charge in [0.25, 0.3) is 0 Å². The molecule has 1 N–H and O–H groups in total. The highest BCUT2D eigenvalue weighted by molar-refractivity contribution is 8.00. The molecule has 1 amide bonds. The van der Waals surface area contributed by atoms with Gasteiger partial charge >= 0.3 is 5.69 Å². The predicted molar refractivity (Wildman–Crippen MR) is 119 cm³/mol. The first-order valence-electron chi connectivity index (χ1n) is 10.4. The highest BCUT2D eigenvalue weighted by Crippen LogP contribution is 2.29. The first kappa shape index (κ1) is 21.6. The van der Waals surface area contributed by atoms with Gasteiger partial charge in [-0.2, -0.15) is 4.98 Å². The van der Waals surface area contributed by atoms with Gasteiger partial charge in [0.15, 0.2) is 0 Å². The van der Waals surface area contributed by atoms with E-state index in [4.69, 9.17) is 0 Å². The number of fused-ring (bicyclic) bond motifs is 1. The molecule has 6 nitrogen and oxygen atoms in total. The maximum absolute atomic E-state index is 12.7. The van der Waals surface area contributed by atoms with Crippen LogP contribution >= 0.6 is 11.8 Å². The molecule has 3 rings (SSSR count). The Morgan fingerprint density at radius 1 is 1.21 bits per heavy atom. The molecule has 0 unspecified atom stereocenters. The van der Waals surface area contributed by atoms with Crippen molar-refractivity contribution in [1.82, 2.24) is 14.5 Å². The third-order valence-electron chi connectivity index (χ3n) is 5.35. The molecular weight excluding hydrogens is 384 g/mol. The van der Waals surface area contributed by atoms with Crippen molar-refractivity contribution in [3.63, 3.8) is 0 Å². The zero-order valence-corrected chi connectivity index (χ0v) is 18.1. The summed E-state index contributed by atoms with van der Waals surface area (Å²) < 4.78 is 1.86. The smallest absolute Gasteiger partial charge is 0.325 e. The molecule has 1 aromatic heterocycles. The van der Waals surface area contributed by atoms with E-state index in [1.165, 1.54) is 11.8 Å². The summed E-state index contributed by atoms with van der Waals surface area (Å²) in [5.74, 6) is 0.165. The molecule has 156 valence electrons. The monoisotopic (exact) mass is 414 g/mol. The highest BCUT2D eigenvalue weighted by Gasteiger charge is 2.22. The van der Waals surface area contributed by atoms with Crippen LogP contribution in [0.2, 0.25) is 0 Å². The zero-order chi connectivity index (χ0) is 20.6. The highest BCUT2D eigenvalue weighted by atomic mass is 32.2. The number of carbonyl (C=O) groups excluding carboxylic acids is 1. The minimum Gasteiger partial charge on any atom is -0.325 e. The molecule has 0 radical (unpaired) electrons.